The van der Waals surface area contributed by atoms with Gasteiger partial charge in [-0.25, -0.2) is 0 Å². The summed E-state index contributed by atoms with van der Waals surface area (Å²) in [5, 5.41) is 11.2. The summed E-state index contributed by atoms with van der Waals surface area (Å²) >= 11 is 5.87. The summed E-state index contributed by atoms with van der Waals surface area (Å²) in [7, 11) is 0. The highest BCUT2D eigenvalue weighted by Crippen LogP contribution is 2.29. The molecule has 0 saturated carbocycles. The van der Waals surface area contributed by atoms with Crippen molar-refractivity contribution in [3.8, 4) is 0 Å². The number of nitro groups is 1. The molecule has 0 aliphatic rings. The molecule has 0 aliphatic carbocycles. The van der Waals surface area contributed by atoms with E-state index < -0.39 is 4.92 Å². The quantitative estimate of drug-likeness (QED) is 0.589. The van der Waals surface area contributed by atoms with Crippen LogP contribution in [0, 0.1) is 22.0 Å². The molecule has 0 atom stereocenters. The van der Waals surface area contributed by atoms with Gasteiger partial charge in [0.25, 0.3) is 5.91 Å². The van der Waals surface area contributed by atoms with E-state index in [1.54, 1.807) is 11.0 Å². The van der Waals surface area contributed by atoms with Crippen molar-refractivity contribution in [2.75, 3.05) is 13.1 Å². The molecule has 5 nitrogen and oxygen atoms in total. The second-order valence-electron chi connectivity index (χ2n) is 5.89. The lowest BCUT2D eigenvalue weighted by atomic mass is 10.1. The molecule has 0 radical (unpaired) electrons. The first-order valence-electron chi connectivity index (χ1n) is 6.96. The minimum atomic E-state index is -0.599. The number of hydrogen-bond acceptors (Lipinski definition) is 3. The van der Waals surface area contributed by atoms with Crippen molar-refractivity contribution in [1.29, 1.82) is 0 Å². The van der Waals surface area contributed by atoms with Crippen LogP contribution in [0.4, 0.5) is 5.69 Å². The van der Waals surface area contributed by atoms with Crippen LogP contribution in [0.1, 0.15) is 38.1 Å². The lowest BCUT2D eigenvalue weighted by Gasteiger charge is -2.26. The molecule has 0 unspecified atom stereocenters. The van der Waals surface area contributed by atoms with Crippen molar-refractivity contribution >= 4 is 23.2 Å². The minimum absolute atomic E-state index is 0.0140. The van der Waals surface area contributed by atoms with Gasteiger partial charge in [0.05, 0.1) is 4.92 Å². The summed E-state index contributed by atoms with van der Waals surface area (Å²) in [6.07, 6.45) is 0. The standard InChI is InChI=1S/C15H21ClN2O3/c1-10(2)8-17(9-11(3)4)15(19)12-6-5-7-13(16)14(12)18(20)21/h5-7,10-11H,8-9H2,1-4H3. The van der Waals surface area contributed by atoms with Gasteiger partial charge in [-0.1, -0.05) is 45.4 Å². The van der Waals surface area contributed by atoms with Crippen molar-refractivity contribution in [2.24, 2.45) is 11.8 Å². The van der Waals surface area contributed by atoms with Gasteiger partial charge >= 0.3 is 5.69 Å². The fourth-order valence-electron chi connectivity index (χ4n) is 2.17. The van der Waals surface area contributed by atoms with Crippen LogP contribution in [0.25, 0.3) is 0 Å². The number of halogens is 1. The van der Waals surface area contributed by atoms with E-state index in [9.17, 15) is 14.9 Å². The second-order valence-corrected chi connectivity index (χ2v) is 6.30. The fraction of sp³-hybridized carbons (Fsp3) is 0.533. The van der Waals surface area contributed by atoms with Crippen molar-refractivity contribution < 1.29 is 9.72 Å². The summed E-state index contributed by atoms with van der Waals surface area (Å²) in [6, 6.07) is 4.44. The number of benzene rings is 1. The van der Waals surface area contributed by atoms with Crippen LogP contribution in [0.5, 0.6) is 0 Å². The zero-order valence-corrected chi connectivity index (χ0v) is 13.6. The number of para-hydroxylation sites is 1. The van der Waals surface area contributed by atoms with Gasteiger partial charge in [0, 0.05) is 13.1 Å². The molecule has 1 aromatic carbocycles. The Kier molecular flexibility index (Phi) is 6.15. The van der Waals surface area contributed by atoms with Crippen LogP contribution in [0.15, 0.2) is 18.2 Å². The van der Waals surface area contributed by atoms with E-state index in [0.29, 0.717) is 13.1 Å². The third kappa shape index (κ3) is 4.70. The summed E-state index contributed by atoms with van der Waals surface area (Å²) in [5.74, 6) is 0.225. The molecule has 0 aromatic heterocycles. The molecule has 0 spiro atoms. The lowest BCUT2D eigenvalue weighted by molar-refractivity contribution is -0.385. The highest BCUT2D eigenvalue weighted by molar-refractivity contribution is 6.33. The first-order chi connectivity index (χ1) is 9.73. The zero-order valence-electron chi connectivity index (χ0n) is 12.8. The predicted octanol–water partition coefficient (Wildman–Crippen LogP) is 4.00. The maximum atomic E-state index is 12.7. The van der Waals surface area contributed by atoms with Gasteiger partial charge in [-0.15, -0.1) is 0 Å². The van der Waals surface area contributed by atoms with Gasteiger partial charge in [0.2, 0.25) is 0 Å². The molecule has 0 saturated heterocycles. The smallest absolute Gasteiger partial charge is 0.300 e. The average Bonchev–Trinajstić information content (AvgIpc) is 2.35. The third-order valence-electron chi connectivity index (χ3n) is 2.86. The molecule has 0 heterocycles. The highest BCUT2D eigenvalue weighted by atomic mass is 35.5. The fourth-order valence-corrected chi connectivity index (χ4v) is 2.41. The Morgan fingerprint density at radius 1 is 1.24 bits per heavy atom. The van der Waals surface area contributed by atoms with Crippen molar-refractivity contribution in [3.63, 3.8) is 0 Å². The average molecular weight is 313 g/mol. The molecule has 21 heavy (non-hydrogen) atoms. The Balaban J connectivity index is 3.20. The maximum absolute atomic E-state index is 12.7. The monoisotopic (exact) mass is 312 g/mol. The van der Waals surface area contributed by atoms with E-state index in [1.807, 2.05) is 27.7 Å². The van der Waals surface area contributed by atoms with Gasteiger partial charge in [0.1, 0.15) is 10.6 Å². The van der Waals surface area contributed by atoms with E-state index >= 15 is 0 Å². The van der Waals surface area contributed by atoms with Gasteiger partial charge in [-0.05, 0) is 24.0 Å². The topological polar surface area (TPSA) is 63.5 Å². The minimum Gasteiger partial charge on any atom is -0.338 e. The first-order valence-corrected chi connectivity index (χ1v) is 7.34. The van der Waals surface area contributed by atoms with Crippen molar-refractivity contribution in [1.82, 2.24) is 4.90 Å². The van der Waals surface area contributed by atoms with E-state index in [1.165, 1.54) is 12.1 Å². The summed E-state index contributed by atoms with van der Waals surface area (Å²) < 4.78 is 0. The van der Waals surface area contributed by atoms with Crippen LogP contribution in [-0.4, -0.2) is 28.8 Å². The highest BCUT2D eigenvalue weighted by Gasteiger charge is 2.27. The third-order valence-corrected chi connectivity index (χ3v) is 3.16. The molecule has 116 valence electrons. The first kappa shape index (κ1) is 17.4. The maximum Gasteiger partial charge on any atom is 0.300 e. The Labute approximate surface area is 130 Å². The number of nitro benzene ring substituents is 1. The van der Waals surface area contributed by atoms with Crippen LogP contribution in [0.2, 0.25) is 5.02 Å². The van der Waals surface area contributed by atoms with Crippen molar-refractivity contribution in [3.05, 3.63) is 38.9 Å². The molecular weight excluding hydrogens is 292 g/mol. The molecule has 0 N–H and O–H groups in total. The van der Waals surface area contributed by atoms with E-state index in [4.69, 9.17) is 11.6 Å². The van der Waals surface area contributed by atoms with Crippen LogP contribution in [0.3, 0.4) is 0 Å². The number of carbonyl (C=O) groups excluding carboxylic acids is 1. The molecule has 6 heteroatoms. The Hall–Kier alpha value is -1.62. The van der Waals surface area contributed by atoms with Crippen LogP contribution in [-0.2, 0) is 0 Å². The van der Waals surface area contributed by atoms with Crippen LogP contribution < -0.4 is 0 Å². The Morgan fingerprint density at radius 3 is 2.19 bits per heavy atom. The molecule has 1 rings (SSSR count). The molecule has 1 amide bonds. The molecule has 1 aromatic rings. The Morgan fingerprint density at radius 2 is 1.76 bits per heavy atom. The number of carbonyl (C=O) groups is 1. The van der Waals surface area contributed by atoms with Crippen molar-refractivity contribution in [2.45, 2.75) is 27.7 Å². The Bertz CT molecular complexity index is 520. The molecule has 0 aliphatic heterocycles. The lowest BCUT2D eigenvalue weighted by Crippen LogP contribution is -2.37. The second kappa shape index (κ2) is 7.41. The van der Waals surface area contributed by atoms with Gasteiger partial charge in [0.15, 0.2) is 0 Å². The molecule has 0 fully saturated rings. The van der Waals surface area contributed by atoms with E-state index in [-0.39, 0.29) is 34.0 Å². The van der Waals surface area contributed by atoms with E-state index in [2.05, 4.69) is 0 Å². The van der Waals surface area contributed by atoms with Gasteiger partial charge in [-0.2, -0.15) is 0 Å². The van der Waals surface area contributed by atoms with Gasteiger partial charge in [-0.3, -0.25) is 14.9 Å². The number of hydrogen-bond donors (Lipinski definition) is 0. The van der Waals surface area contributed by atoms with Crippen LogP contribution >= 0.6 is 11.6 Å². The molecule has 0 bridgehead atoms. The largest absolute Gasteiger partial charge is 0.338 e. The number of amides is 1. The summed E-state index contributed by atoms with van der Waals surface area (Å²) in [4.78, 5) is 24.9. The SMILES string of the molecule is CC(C)CN(CC(C)C)C(=O)c1cccc(Cl)c1[N+](=O)[O-]. The number of rotatable bonds is 6. The van der Waals surface area contributed by atoms with E-state index in [0.717, 1.165) is 0 Å². The summed E-state index contributed by atoms with van der Waals surface area (Å²) in [6.45, 7) is 9.14. The van der Waals surface area contributed by atoms with Gasteiger partial charge < -0.3 is 4.90 Å². The zero-order chi connectivity index (χ0) is 16.2. The predicted molar refractivity (Wildman–Crippen MR) is 83.7 cm³/mol. The number of nitrogens with zero attached hydrogens (tertiary/aromatic N) is 2. The normalized spacial score (nSPS) is 11.0. The summed E-state index contributed by atoms with van der Waals surface area (Å²) in [5.41, 5.74) is -0.268. The molecular formula is C15H21ClN2O3.